The molecule has 1 N–H and O–H groups in total. The van der Waals surface area contributed by atoms with Crippen molar-refractivity contribution in [3.05, 3.63) is 29.6 Å². The molecule has 0 aliphatic heterocycles. The van der Waals surface area contributed by atoms with Crippen LogP contribution in [0.3, 0.4) is 0 Å². The number of para-hydroxylation sites is 1. The highest BCUT2D eigenvalue weighted by Crippen LogP contribution is 2.29. The van der Waals surface area contributed by atoms with E-state index in [2.05, 4.69) is 33.0 Å². The van der Waals surface area contributed by atoms with Crippen molar-refractivity contribution in [3.63, 3.8) is 0 Å². The Hall–Kier alpha value is -1.09. The molecule has 0 saturated heterocycles. The Morgan fingerprint density at radius 2 is 1.95 bits per heavy atom. The van der Waals surface area contributed by atoms with Gasteiger partial charge in [0.1, 0.15) is 5.82 Å². The van der Waals surface area contributed by atoms with Gasteiger partial charge in [-0.15, -0.1) is 0 Å². The predicted molar refractivity (Wildman–Crippen MR) is 81.2 cm³/mol. The molecule has 0 aromatic heterocycles. The molecular weight excluding hydrogens is 239 g/mol. The Kier molecular flexibility index (Phi) is 6.29. The number of halogens is 1. The fraction of sp³-hybridized carbons (Fsp3) is 0.625. The van der Waals surface area contributed by atoms with Crippen LogP contribution in [0.2, 0.25) is 0 Å². The monoisotopic (exact) mass is 266 g/mol. The zero-order valence-electron chi connectivity index (χ0n) is 12.8. The van der Waals surface area contributed by atoms with Crippen molar-refractivity contribution < 1.29 is 4.39 Å². The van der Waals surface area contributed by atoms with E-state index in [1.807, 2.05) is 18.0 Å². The number of hydrogen-bond donors (Lipinski definition) is 1. The summed E-state index contributed by atoms with van der Waals surface area (Å²) in [6.07, 6.45) is 1.07. The molecule has 0 radical (unpaired) electrons. The second-order valence-corrected chi connectivity index (χ2v) is 5.56. The Morgan fingerprint density at radius 1 is 1.26 bits per heavy atom. The van der Waals surface area contributed by atoms with Crippen molar-refractivity contribution in [3.8, 4) is 0 Å². The first kappa shape index (κ1) is 16.0. The summed E-state index contributed by atoms with van der Waals surface area (Å²) < 4.78 is 14.2. The Morgan fingerprint density at radius 3 is 2.53 bits per heavy atom. The van der Waals surface area contributed by atoms with Crippen molar-refractivity contribution in [1.29, 1.82) is 0 Å². The Balaban J connectivity index is 2.96. The van der Waals surface area contributed by atoms with E-state index in [1.54, 1.807) is 12.1 Å². The van der Waals surface area contributed by atoms with Crippen LogP contribution in [0, 0.1) is 11.7 Å². The van der Waals surface area contributed by atoms with Crippen molar-refractivity contribution in [2.24, 2.45) is 5.92 Å². The van der Waals surface area contributed by atoms with Crippen LogP contribution in [0.4, 0.5) is 10.1 Å². The lowest BCUT2D eigenvalue weighted by Crippen LogP contribution is -2.26. The average molecular weight is 266 g/mol. The highest BCUT2D eigenvalue weighted by atomic mass is 19.1. The quantitative estimate of drug-likeness (QED) is 0.803. The molecule has 3 heteroatoms. The van der Waals surface area contributed by atoms with E-state index in [1.165, 1.54) is 0 Å². The predicted octanol–water partition coefficient (Wildman–Crippen LogP) is 3.98. The van der Waals surface area contributed by atoms with Gasteiger partial charge in [0, 0.05) is 19.6 Å². The van der Waals surface area contributed by atoms with Crippen LogP contribution in [0.1, 0.15) is 45.7 Å². The molecular formula is C16H27FN2. The Bertz CT molecular complexity index is 390. The highest BCUT2D eigenvalue weighted by Gasteiger charge is 2.17. The average Bonchev–Trinajstić information content (AvgIpc) is 2.35. The van der Waals surface area contributed by atoms with Gasteiger partial charge in [0.05, 0.1) is 5.69 Å². The Labute approximate surface area is 117 Å². The van der Waals surface area contributed by atoms with E-state index in [-0.39, 0.29) is 11.9 Å². The number of benzene rings is 1. The van der Waals surface area contributed by atoms with Gasteiger partial charge < -0.3 is 10.2 Å². The van der Waals surface area contributed by atoms with E-state index in [0.717, 1.165) is 30.8 Å². The third-order valence-corrected chi connectivity index (χ3v) is 3.42. The van der Waals surface area contributed by atoms with Gasteiger partial charge in [-0.25, -0.2) is 4.39 Å². The molecule has 1 rings (SSSR count). The first-order chi connectivity index (χ1) is 8.97. The first-order valence-corrected chi connectivity index (χ1v) is 7.20. The van der Waals surface area contributed by atoms with E-state index >= 15 is 0 Å². The lowest BCUT2D eigenvalue weighted by Gasteiger charge is -2.26. The second-order valence-electron chi connectivity index (χ2n) is 5.56. The van der Waals surface area contributed by atoms with Crippen LogP contribution in [0.5, 0.6) is 0 Å². The topological polar surface area (TPSA) is 15.3 Å². The number of nitrogens with one attached hydrogen (secondary N) is 1. The van der Waals surface area contributed by atoms with Crippen LogP contribution in [-0.2, 0) is 0 Å². The largest absolute Gasteiger partial charge is 0.372 e. The molecule has 0 spiro atoms. The molecule has 0 saturated carbocycles. The summed E-state index contributed by atoms with van der Waals surface area (Å²) in [5.74, 6) is 0.498. The van der Waals surface area contributed by atoms with Gasteiger partial charge in [-0.3, -0.25) is 0 Å². The third kappa shape index (κ3) is 4.50. The van der Waals surface area contributed by atoms with Gasteiger partial charge in [-0.1, -0.05) is 32.9 Å². The molecule has 0 fully saturated rings. The molecule has 2 nitrogen and oxygen atoms in total. The van der Waals surface area contributed by atoms with Crippen molar-refractivity contribution in [1.82, 2.24) is 5.32 Å². The summed E-state index contributed by atoms with van der Waals surface area (Å²) in [6.45, 7) is 10.3. The lowest BCUT2D eigenvalue weighted by atomic mass is 10.0. The molecule has 0 aliphatic rings. The molecule has 0 heterocycles. The number of nitrogens with zero attached hydrogens (tertiary/aromatic N) is 1. The summed E-state index contributed by atoms with van der Waals surface area (Å²) in [7, 11) is 1.98. The van der Waals surface area contributed by atoms with Gasteiger partial charge in [-0.2, -0.15) is 0 Å². The zero-order valence-corrected chi connectivity index (χ0v) is 12.8. The van der Waals surface area contributed by atoms with E-state index in [9.17, 15) is 4.39 Å². The van der Waals surface area contributed by atoms with Crippen LogP contribution < -0.4 is 10.2 Å². The summed E-state index contributed by atoms with van der Waals surface area (Å²) in [5.41, 5.74) is 1.77. The van der Waals surface area contributed by atoms with E-state index in [4.69, 9.17) is 0 Å². The van der Waals surface area contributed by atoms with Gasteiger partial charge in [-0.05, 0) is 37.4 Å². The minimum atomic E-state index is -0.131. The zero-order chi connectivity index (χ0) is 14.4. The fourth-order valence-electron chi connectivity index (χ4n) is 2.26. The first-order valence-electron chi connectivity index (χ1n) is 7.20. The number of hydrogen-bond acceptors (Lipinski definition) is 2. The standard InChI is InChI=1S/C16H27FN2/c1-6-18-13(4)14-8-7-9-15(17)16(14)19(5)11-10-12(2)3/h7-9,12-13,18H,6,10-11H2,1-5H3. The van der Waals surface area contributed by atoms with Crippen LogP contribution >= 0.6 is 0 Å². The van der Waals surface area contributed by atoms with Gasteiger partial charge in [0.2, 0.25) is 0 Å². The maximum Gasteiger partial charge on any atom is 0.146 e. The summed E-state index contributed by atoms with van der Waals surface area (Å²) in [4.78, 5) is 2.04. The summed E-state index contributed by atoms with van der Waals surface area (Å²) in [6, 6.07) is 5.51. The van der Waals surface area contributed by atoms with E-state index < -0.39 is 0 Å². The molecule has 0 bridgehead atoms. The minimum Gasteiger partial charge on any atom is -0.372 e. The van der Waals surface area contributed by atoms with Gasteiger partial charge >= 0.3 is 0 Å². The minimum absolute atomic E-state index is 0.131. The third-order valence-electron chi connectivity index (χ3n) is 3.42. The number of anilines is 1. The molecule has 1 atom stereocenters. The molecule has 1 unspecified atom stereocenters. The maximum atomic E-state index is 14.2. The highest BCUT2D eigenvalue weighted by molar-refractivity contribution is 5.55. The maximum absolute atomic E-state index is 14.2. The summed E-state index contributed by atoms with van der Waals surface area (Å²) in [5, 5.41) is 3.36. The van der Waals surface area contributed by atoms with Crippen molar-refractivity contribution >= 4 is 5.69 Å². The molecule has 108 valence electrons. The van der Waals surface area contributed by atoms with Crippen LogP contribution in [-0.4, -0.2) is 20.1 Å². The molecule has 19 heavy (non-hydrogen) atoms. The summed E-state index contributed by atoms with van der Waals surface area (Å²) >= 11 is 0. The smallest absolute Gasteiger partial charge is 0.146 e. The fourth-order valence-corrected chi connectivity index (χ4v) is 2.26. The van der Waals surface area contributed by atoms with E-state index in [0.29, 0.717) is 5.92 Å². The molecule has 1 aromatic carbocycles. The normalized spacial score (nSPS) is 12.8. The second kappa shape index (κ2) is 7.49. The molecule has 1 aromatic rings. The van der Waals surface area contributed by atoms with Gasteiger partial charge in [0.25, 0.3) is 0 Å². The van der Waals surface area contributed by atoms with Gasteiger partial charge in [0.15, 0.2) is 0 Å². The molecule has 0 amide bonds. The van der Waals surface area contributed by atoms with Crippen LogP contribution in [0.25, 0.3) is 0 Å². The SMILES string of the molecule is CCNC(C)c1cccc(F)c1N(C)CCC(C)C. The van der Waals surface area contributed by atoms with Crippen LogP contribution in [0.15, 0.2) is 18.2 Å². The van der Waals surface area contributed by atoms with Crippen molar-refractivity contribution in [2.75, 3.05) is 25.0 Å². The lowest BCUT2D eigenvalue weighted by molar-refractivity contribution is 0.560. The molecule has 0 aliphatic carbocycles. The number of rotatable bonds is 7. The van der Waals surface area contributed by atoms with Crippen molar-refractivity contribution in [2.45, 2.75) is 40.2 Å².